The number of hydrogen-bond acceptors (Lipinski definition) is 3. The summed E-state index contributed by atoms with van der Waals surface area (Å²) in [6.07, 6.45) is 15.5. The maximum atomic E-state index is 11.9. The maximum Gasteiger partial charge on any atom is 0.302 e. The second-order valence-electron chi connectivity index (χ2n) is 15.9. The lowest BCUT2D eigenvalue weighted by Crippen LogP contribution is -2.58. The number of hydrogen-bond donors (Lipinski definition) is 0. The van der Waals surface area contributed by atoms with Crippen molar-refractivity contribution in [2.45, 2.75) is 144 Å². The van der Waals surface area contributed by atoms with Crippen LogP contribution in [-0.4, -0.2) is 23.8 Å². The molecular weight excluding hydrogens is 432 g/mol. The Morgan fingerprint density at radius 3 is 2.20 bits per heavy atom. The molecule has 1 heterocycles. The predicted molar refractivity (Wildman–Crippen MR) is 140 cm³/mol. The summed E-state index contributed by atoms with van der Waals surface area (Å²) in [5.41, 5.74) is 2.32. The average molecular weight is 485 g/mol. The summed E-state index contributed by atoms with van der Waals surface area (Å²) < 4.78 is 11.8. The third-order valence-electron chi connectivity index (χ3n) is 14.2. The predicted octanol–water partition coefficient (Wildman–Crippen LogP) is 7.95. The average Bonchev–Trinajstić information content (AvgIpc) is 3.58. The Hall–Kier alpha value is -0.570. The van der Waals surface area contributed by atoms with Crippen LogP contribution in [0.1, 0.15) is 126 Å². The summed E-state index contributed by atoms with van der Waals surface area (Å²) in [5, 5.41) is 0. The smallest absolute Gasteiger partial charge is 0.302 e. The number of carbonyl (C=O) groups excluding carboxylic acids is 1. The molecule has 6 unspecified atom stereocenters. The van der Waals surface area contributed by atoms with Crippen molar-refractivity contribution in [3.63, 3.8) is 0 Å². The number of rotatable bonds is 5. The fourth-order valence-corrected chi connectivity index (χ4v) is 12.1. The molecule has 0 radical (unpaired) electrons. The van der Waals surface area contributed by atoms with E-state index in [0.717, 1.165) is 30.1 Å². The van der Waals surface area contributed by atoms with Crippen molar-refractivity contribution in [2.24, 2.45) is 50.7 Å². The minimum atomic E-state index is -0.0953. The van der Waals surface area contributed by atoms with Crippen LogP contribution in [0.3, 0.4) is 0 Å². The summed E-state index contributed by atoms with van der Waals surface area (Å²) in [7, 11) is 0. The van der Waals surface area contributed by atoms with Gasteiger partial charge >= 0.3 is 5.97 Å². The maximum absolute atomic E-state index is 11.9. The standard InChI is InChI=1S/C32H52O3/c1-20(9-12-26-28(5,6)35-26)22-13-15-30(8)24-11-10-23-27(3,4)25(34-21(2)33)14-16-31(23)19-32(24,31)18-17-29(22,30)7/h20,22-26H,9-19H2,1-8H3/t20-,22-,23+,24?,25?,26?,29?,30+,31?,32?/m1/s1. The quantitative estimate of drug-likeness (QED) is 0.293. The van der Waals surface area contributed by atoms with Gasteiger partial charge in [-0.25, -0.2) is 0 Å². The lowest BCUT2D eigenvalue weighted by Gasteiger charge is -2.63. The molecule has 0 aromatic heterocycles. The first-order valence-electron chi connectivity index (χ1n) is 15.1. The summed E-state index contributed by atoms with van der Waals surface area (Å²) in [6.45, 7) is 19.0. The molecule has 6 fully saturated rings. The molecule has 1 aliphatic heterocycles. The van der Waals surface area contributed by atoms with Gasteiger partial charge in [0.1, 0.15) is 6.10 Å². The SMILES string of the molecule is CC(=O)OC1CCC23CC24CCC2(C)[C@@H]([C@H](C)CCC5OC5(C)C)CC[C@@]2(C)C4CC[C@H]3C1(C)C. The van der Waals surface area contributed by atoms with Crippen molar-refractivity contribution in [1.82, 2.24) is 0 Å². The summed E-state index contributed by atoms with van der Waals surface area (Å²) in [6, 6.07) is 0. The normalized spacial score (nSPS) is 53.4. The Balaban J connectivity index is 1.22. The Morgan fingerprint density at radius 2 is 1.54 bits per heavy atom. The zero-order valence-electron chi connectivity index (χ0n) is 24.0. The molecule has 3 nitrogen and oxygen atoms in total. The monoisotopic (exact) mass is 484 g/mol. The fourth-order valence-electron chi connectivity index (χ4n) is 12.1. The summed E-state index contributed by atoms with van der Waals surface area (Å²) in [5.74, 6) is 3.19. The molecule has 198 valence electrons. The molecule has 1 saturated heterocycles. The Kier molecular flexibility index (Phi) is 5.16. The van der Waals surface area contributed by atoms with Gasteiger partial charge in [-0.2, -0.15) is 0 Å². The highest BCUT2D eigenvalue weighted by atomic mass is 16.6. The van der Waals surface area contributed by atoms with Gasteiger partial charge in [-0.15, -0.1) is 0 Å². The van der Waals surface area contributed by atoms with E-state index in [1.165, 1.54) is 64.2 Å². The second kappa shape index (κ2) is 7.29. The third-order valence-corrected chi connectivity index (χ3v) is 14.2. The zero-order valence-corrected chi connectivity index (χ0v) is 24.0. The molecule has 0 amide bonds. The molecule has 0 N–H and O–H groups in total. The van der Waals surface area contributed by atoms with Gasteiger partial charge < -0.3 is 9.47 Å². The molecule has 6 aliphatic rings. The van der Waals surface area contributed by atoms with Crippen molar-refractivity contribution < 1.29 is 14.3 Å². The molecule has 5 aliphatic carbocycles. The van der Waals surface area contributed by atoms with E-state index in [9.17, 15) is 4.79 Å². The minimum Gasteiger partial charge on any atom is -0.462 e. The third kappa shape index (κ3) is 3.09. The van der Waals surface area contributed by atoms with E-state index in [1.54, 1.807) is 6.92 Å². The van der Waals surface area contributed by atoms with Gasteiger partial charge in [0, 0.05) is 12.3 Å². The number of carbonyl (C=O) groups is 1. The molecule has 35 heavy (non-hydrogen) atoms. The molecule has 0 aromatic rings. The van der Waals surface area contributed by atoms with Gasteiger partial charge in [-0.1, -0.05) is 34.6 Å². The topological polar surface area (TPSA) is 38.8 Å². The van der Waals surface area contributed by atoms with Crippen molar-refractivity contribution in [2.75, 3.05) is 0 Å². The molecule has 2 spiro atoms. The summed E-state index contributed by atoms with van der Waals surface area (Å²) >= 11 is 0. The van der Waals surface area contributed by atoms with Crippen molar-refractivity contribution in [3.8, 4) is 0 Å². The van der Waals surface area contributed by atoms with Gasteiger partial charge in [0.05, 0.1) is 11.7 Å². The fraction of sp³-hybridized carbons (Fsp3) is 0.969. The first-order chi connectivity index (χ1) is 16.2. The molecular formula is C32H52O3. The summed E-state index contributed by atoms with van der Waals surface area (Å²) in [4.78, 5) is 11.9. The van der Waals surface area contributed by atoms with E-state index in [1.807, 2.05) is 0 Å². The molecule has 10 atom stereocenters. The van der Waals surface area contributed by atoms with Crippen LogP contribution in [0.2, 0.25) is 0 Å². The Bertz CT molecular complexity index is 906. The van der Waals surface area contributed by atoms with Gasteiger partial charge in [-0.05, 0) is 130 Å². The van der Waals surface area contributed by atoms with Gasteiger partial charge in [-0.3, -0.25) is 4.79 Å². The molecule has 0 aromatic carbocycles. The van der Waals surface area contributed by atoms with Crippen LogP contribution in [0.4, 0.5) is 0 Å². The highest BCUT2D eigenvalue weighted by Crippen LogP contribution is 2.89. The van der Waals surface area contributed by atoms with Crippen LogP contribution < -0.4 is 0 Å². The Labute approximate surface area is 214 Å². The highest BCUT2D eigenvalue weighted by Gasteiger charge is 2.82. The number of esters is 1. The van der Waals surface area contributed by atoms with Crippen LogP contribution >= 0.6 is 0 Å². The zero-order chi connectivity index (χ0) is 25.2. The van der Waals surface area contributed by atoms with E-state index in [0.29, 0.717) is 27.8 Å². The van der Waals surface area contributed by atoms with E-state index in [-0.39, 0.29) is 23.1 Å². The molecule has 5 saturated carbocycles. The van der Waals surface area contributed by atoms with Crippen molar-refractivity contribution >= 4 is 5.97 Å². The van der Waals surface area contributed by atoms with Crippen LogP contribution in [0.5, 0.6) is 0 Å². The van der Waals surface area contributed by atoms with Gasteiger partial charge in [0.15, 0.2) is 0 Å². The lowest BCUT2D eigenvalue weighted by atomic mass is 9.41. The van der Waals surface area contributed by atoms with Crippen LogP contribution in [0, 0.1) is 50.7 Å². The first kappa shape index (κ1) is 24.7. The van der Waals surface area contributed by atoms with Crippen LogP contribution in [-0.2, 0) is 14.3 Å². The minimum absolute atomic E-state index is 0.0953. The largest absolute Gasteiger partial charge is 0.462 e. The van der Waals surface area contributed by atoms with E-state index >= 15 is 0 Å². The van der Waals surface area contributed by atoms with Crippen molar-refractivity contribution in [3.05, 3.63) is 0 Å². The first-order valence-corrected chi connectivity index (χ1v) is 15.1. The van der Waals surface area contributed by atoms with E-state index in [4.69, 9.17) is 9.47 Å². The van der Waals surface area contributed by atoms with E-state index in [2.05, 4.69) is 48.5 Å². The highest BCUT2D eigenvalue weighted by molar-refractivity contribution is 5.66. The number of ether oxygens (including phenoxy) is 2. The second-order valence-corrected chi connectivity index (χ2v) is 15.9. The Morgan fingerprint density at radius 1 is 0.886 bits per heavy atom. The van der Waals surface area contributed by atoms with Gasteiger partial charge in [0.25, 0.3) is 0 Å². The number of fused-ring (bicyclic) bond motifs is 2. The van der Waals surface area contributed by atoms with Gasteiger partial charge in [0.2, 0.25) is 0 Å². The van der Waals surface area contributed by atoms with Crippen molar-refractivity contribution in [1.29, 1.82) is 0 Å². The lowest BCUT2D eigenvalue weighted by molar-refractivity contribution is -0.181. The molecule has 0 bridgehead atoms. The van der Waals surface area contributed by atoms with Crippen LogP contribution in [0.25, 0.3) is 0 Å². The molecule has 6 rings (SSSR count). The van der Waals surface area contributed by atoms with E-state index < -0.39 is 0 Å². The number of epoxide rings is 1. The van der Waals surface area contributed by atoms with Crippen LogP contribution in [0.15, 0.2) is 0 Å². The molecule has 3 heteroatoms.